The molecular weight excluding hydrogens is 164 g/mol. The third-order valence-electron chi connectivity index (χ3n) is 1.000. The van der Waals surface area contributed by atoms with Crippen LogP contribution in [0.1, 0.15) is 0 Å². The van der Waals surface area contributed by atoms with Gasteiger partial charge in [-0.05, 0) is 0 Å². The van der Waals surface area contributed by atoms with E-state index in [1.54, 1.807) is 12.3 Å². The highest BCUT2D eigenvalue weighted by atomic mass is 28.2. The lowest BCUT2D eigenvalue weighted by molar-refractivity contribution is 0.521. The number of hydrogen-bond donors (Lipinski definition) is 0. The molecule has 0 fully saturated rings. The number of rotatable bonds is 2. The molecule has 0 radical (unpaired) electrons. The average Bonchev–Trinajstić information content (AvgIpc) is 2.05. The summed E-state index contributed by atoms with van der Waals surface area (Å²) >= 11 is 0. The predicted molar refractivity (Wildman–Crippen MR) is 43.2 cm³/mol. The van der Waals surface area contributed by atoms with E-state index in [2.05, 4.69) is 9.97 Å². The Morgan fingerprint density at radius 1 is 1.30 bits per heavy atom. The maximum atomic E-state index is 4.98. The molecule has 0 aliphatic rings. The van der Waals surface area contributed by atoms with Crippen molar-refractivity contribution >= 4 is 21.0 Å². The van der Waals surface area contributed by atoms with Gasteiger partial charge in [0.15, 0.2) is 0 Å². The minimum atomic E-state index is 0.403. The van der Waals surface area contributed by atoms with E-state index >= 15 is 0 Å². The van der Waals surface area contributed by atoms with Crippen LogP contribution in [0.5, 0.6) is 11.9 Å². The fraction of sp³-hybridized carbons (Fsp3) is 0. The van der Waals surface area contributed by atoms with Crippen molar-refractivity contribution in [3.63, 3.8) is 0 Å². The molecule has 1 aromatic heterocycles. The lowest BCUT2D eigenvalue weighted by Crippen LogP contribution is -1.95. The van der Waals surface area contributed by atoms with Crippen molar-refractivity contribution in [1.82, 2.24) is 9.97 Å². The number of nitrogens with zero attached hydrogens (tertiary/aromatic N) is 2. The van der Waals surface area contributed by atoms with E-state index in [-0.39, 0.29) is 0 Å². The zero-order valence-electron chi connectivity index (χ0n) is 5.87. The van der Waals surface area contributed by atoms with Crippen LogP contribution in [0.15, 0.2) is 12.3 Å². The first-order chi connectivity index (χ1) is 4.86. The van der Waals surface area contributed by atoms with E-state index in [1.165, 1.54) is 0 Å². The summed E-state index contributed by atoms with van der Waals surface area (Å²) in [6.07, 6.45) is 1.62. The first-order valence-electron chi connectivity index (χ1n) is 2.78. The Hall–Kier alpha value is -0.886. The molecular formula is C4H8N2O2Si2. The summed E-state index contributed by atoms with van der Waals surface area (Å²) in [5.74, 6) is 0.590. The predicted octanol–water partition coefficient (Wildman–Crippen LogP) is -2.21. The molecule has 4 nitrogen and oxygen atoms in total. The van der Waals surface area contributed by atoms with Gasteiger partial charge >= 0.3 is 6.01 Å². The zero-order valence-corrected chi connectivity index (χ0v) is 9.87. The van der Waals surface area contributed by atoms with Crippen molar-refractivity contribution < 1.29 is 8.85 Å². The Morgan fingerprint density at radius 3 is 2.70 bits per heavy atom. The fourth-order valence-corrected chi connectivity index (χ4v) is 0.961. The van der Waals surface area contributed by atoms with Gasteiger partial charge in [0.1, 0.15) is 0 Å². The lowest BCUT2D eigenvalue weighted by atomic mass is 10.6. The van der Waals surface area contributed by atoms with Crippen molar-refractivity contribution in [1.29, 1.82) is 0 Å². The third-order valence-corrected chi connectivity index (χ3v) is 1.78. The Bertz CT molecular complexity index is 201. The molecule has 0 aromatic carbocycles. The molecule has 10 heavy (non-hydrogen) atoms. The van der Waals surface area contributed by atoms with Crippen LogP contribution in [-0.2, 0) is 0 Å². The molecule has 1 aromatic rings. The van der Waals surface area contributed by atoms with Crippen LogP contribution in [-0.4, -0.2) is 30.9 Å². The molecule has 0 aliphatic carbocycles. The molecule has 1 heterocycles. The lowest BCUT2D eigenvalue weighted by Gasteiger charge is -2.00. The molecule has 0 aliphatic heterocycles. The largest absolute Gasteiger partial charge is 0.540 e. The Balaban J connectivity index is 2.87. The summed E-state index contributed by atoms with van der Waals surface area (Å²) < 4.78 is 9.89. The van der Waals surface area contributed by atoms with E-state index in [4.69, 9.17) is 8.85 Å². The number of aromatic nitrogens is 2. The van der Waals surface area contributed by atoms with Crippen LogP contribution in [0.25, 0.3) is 0 Å². The van der Waals surface area contributed by atoms with Crippen LogP contribution >= 0.6 is 0 Å². The highest BCUT2D eigenvalue weighted by Crippen LogP contribution is 2.07. The minimum Gasteiger partial charge on any atom is -0.540 e. The maximum Gasteiger partial charge on any atom is 0.305 e. The van der Waals surface area contributed by atoms with Crippen LogP contribution in [0.3, 0.4) is 0 Å². The van der Waals surface area contributed by atoms with Gasteiger partial charge in [-0.15, -0.1) is 0 Å². The first-order valence-corrected chi connectivity index (χ1v) is 4.41. The van der Waals surface area contributed by atoms with Gasteiger partial charge in [-0.1, -0.05) is 0 Å². The van der Waals surface area contributed by atoms with Crippen molar-refractivity contribution in [3.05, 3.63) is 12.3 Å². The second-order valence-corrected chi connectivity index (χ2v) is 2.40. The van der Waals surface area contributed by atoms with Crippen LogP contribution in [0, 0.1) is 0 Å². The molecule has 0 spiro atoms. The van der Waals surface area contributed by atoms with E-state index < -0.39 is 0 Å². The normalized spacial score (nSPS) is 9.60. The third kappa shape index (κ3) is 1.55. The minimum absolute atomic E-state index is 0.403. The van der Waals surface area contributed by atoms with Gasteiger partial charge in [0.05, 0.1) is 0 Å². The van der Waals surface area contributed by atoms with Gasteiger partial charge in [0.2, 0.25) is 26.9 Å². The smallest absolute Gasteiger partial charge is 0.305 e. The summed E-state index contributed by atoms with van der Waals surface area (Å²) in [5.41, 5.74) is 0. The van der Waals surface area contributed by atoms with Gasteiger partial charge in [-0.3, -0.25) is 0 Å². The summed E-state index contributed by atoms with van der Waals surface area (Å²) in [5, 5.41) is 0. The molecule has 0 atom stereocenters. The highest BCUT2D eigenvalue weighted by molar-refractivity contribution is 6.00. The fourth-order valence-electron chi connectivity index (χ4n) is 0.537. The first kappa shape index (κ1) is 7.22. The summed E-state index contributed by atoms with van der Waals surface area (Å²) in [4.78, 5) is 7.77. The highest BCUT2D eigenvalue weighted by Gasteiger charge is 1.94. The molecule has 0 amide bonds. The van der Waals surface area contributed by atoms with Crippen LogP contribution < -0.4 is 8.85 Å². The standard InChI is InChI=1S/C4H8N2O2Si2/c9-7-3-1-2-5-4(6-3)8-10/h1-2H,9-10H3. The van der Waals surface area contributed by atoms with E-state index in [9.17, 15) is 0 Å². The van der Waals surface area contributed by atoms with Gasteiger partial charge in [0.25, 0.3) is 0 Å². The van der Waals surface area contributed by atoms with Crippen molar-refractivity contribution in [2.45, 2.75) is 0 Å². The molecule has 0 unspecified atom stereocenters. The Kier molecular flexibility index (Phi) is 2.40. The van der Waals surface area contributed by atoms with Gasteiger partial charge in [0, 0.05) is 12.3 Å². The molecule has 0 N–H and O–H groups in total. The second kappa shape index (κ2) is 3.32. The Labute approximate surface area is 64.7 Å². The molecule has 54 valence electrons. The van der Waals surface area contributed by atoms with Crippen molar-refractivity contribution in [2.24, 2.45) is 0 Å². The summed E-state index contributed by atoms with van der Waals surface area (Å²) in [6, 6.07) is 2.11. The van der Waals surface area contributed by atoms with Gasteiger partial charge < -0.3 is 8.85 Å². The SMILES string of the molecule is [SiH3]Oc1ccnc(O[SiH3])n1. The molecule has 0 saturated heterocycles. The van der Waals surface area contributed by atoms with Crippen molar-refractivity contribution in [2.75, 3.05) is 0 Å². The number of hydrogen-bond acceptors (Lipinski definition) is 4. The van der Waals surface area contributed by atoms with E-state index in [0.29, 0.717) is 32.9 Å². The van der Waals surface area contributed by atoms with E-state index in [1.807, 2.05) is 0 Å². The molecule has 1 rings (SSSR count). The maximum absolute atomic E-state index is 4.98. The van der Waals surface area contributed by atoms with Crippen LogP contribution in [0.2, 0.25) is 0 Å². The van der Waals surface area contributed by atoms with E-state index in [0.717, 1.165) is 0 Å². The molecule has 0 bridgehead atoms. The van der Waals surface area contributed by atoms with Crippen LogP contribution in [0.4, 0.5) is 0 Å². The zero-order chi connectivity index (χ0) is 7.40. The second-order valence-electron chi connectivity index (χ2n) is 1.59. The van der Waals surface area contributed by atoms with Crippen molar-refractivity contribution in [3.8, 4) is 11.9 Å². The summed E-state index contributed by atoms with van der Waals surface area (Å²) in [7, 11) is 1.25. The topological polar surface area (TPSA) is 44.2 Å². The molecule has 6 heteroatoms. The van der Waals surface area contributed by atoms with Gasteiger partial charge in [-0.25, -0.2) is 4.98 Å². The summed E-state index contributed by atoms with van der Waals surface area (Å²) in [6.45, 7) is 0. The van der Waals surface area contributed by atoms with Gasteiger partial charge in [-0.2, -0.15) is 4.98 Å². The average molecular weight is 172 g/mol. The molecule has 0 saturated carbocycles. The Morgan fingerprint density at radius 2 is 2.10 bits per heavy atom. The monoisotopic (exact) mass is 172 g/mol. The quantitative estimate of drug-likeness (QED) is 0.475.